The van der Waals surface area contributed by atoms with Gasteiger partial charge >= 0.3 is 0 Å². The van der Waals surface area contributed by atoms with Gasteiger partial charge in [0.15, 0.2) is 6.29 Å². The van der Waals surface area contributed by atoms with Gasteiger partial charge in [-0.15, -0.1) is 0 Å². The van der Waals surface area contributed by atoms with Crippen LogP contribution in [-0.2, 0) is 14.2 Å². The first-order valence-electron chi connectivity index (χ1n) is 3.60. The molecular formula is C6H12FO3P. The summed E-state index contributed by atoms with van der Waals surface area (Å²) < 4.78 is 25.0. The Morgan fingerprint density at radius 1 is 1.64 bits per heavy atom. The van der Waals surface area contributed by atoms with Crippen molar-refractivity contribution in [2.45, 2.75) is 32.2 Å². The van der Waals surface area contributed by atoms with Gasteiger partial charge in [-0.2, -0.15) is 4.73 Å². The molecule has 3 unspecified atom stereocenters. The molecular weight excluding hydrogens is 170 g/mol. The molecule has 1 aliphatic rings. The number of ether oxygens (including phenoxy) is 2. The highest BCUT2D eigenvalue weighted by Crippen LogP contribution is 2.22. The van der Waals surface area contributed by atoms with Crippen LogP contribution < -0.4 is 0 Å². The average molecular weight is 182 g/mol. The molecule has 1 fully saturated rings. The molecule has 0 saturated carbocycles. The Morgan fingerprint density at radius 3 is 3.00 bits per heavy atom. The molecule has 0 aliphatic carbocycles. The van der Waals surface area contributed by atoms with Crippen LogP contribution in [0, 0.1) is 0 Å². The summed E-state index contributed by atoms with van der Waals surface area (Å²) in [6, 6.07) is 0. The second kappa shape index (κ2) is 4.99. The van der Waals surface area contributed by atoms with Crippen molar-refractivity contribution in [2.75, 3.05) is 6.35 Å². The lowest BCUT2D eigenvalue weighted by atomic mass is 10.3. The van der Waals surface area contributed by atoms with Gasteiger partial charge in [0, 0.05) is 6.42 Å². The highest BCUT2D eigenvalue weighted by atomic mass is 31.1. The lowest BCUT2D eigenvalue weighted by molar-refractivity contribution is -0.119. The molecule has 0 aromatic rings. The molecule has 0 radical (unpaired) electrons. The fourth-order valence-electron chi connectivity index (χ4n) is 1.04. The molecule has 0 aromatic heterocycles. The maximum Gasteiger partial charge on any atom is 0.158 e. The van der Waals surface area contributed by atoms with Gasteiger partial charge in [-0.1, -0.05) is 0 Å². The summed E-state index contributed by atoms with van der Waals surface area (Å²) in [5.41, 5.74) is 0. The topological polar surface area (TPSA) is 27.7 Å². The quantitative estimate of drug-likeness (QED) is 0.491. The Balaban J connectivity index is 1.99. The van der Waals surface area contributed by atoms with Crippen molar-refractivity contribution in [1.29, 1.82) is 0 Å². The predicted molar refractivity (Wildman–Crippen MR) is 40.0 cm³/mol. The van der Waals surface area contributed by atoms with Gasteiger partial charge in [-0.25, -0.2) is 0 Å². The summed E-state index contributed by atoms with van der Waals surface area (Å²) in [7, 11) is -0.235. The Labute approximate surface area is 67.0 Å². The zero-order chi connectivity index (χ0) is 8.10. The van der Waals surface area contributed by atoms with Gasteiger partial charge in [0.05, 0.1) is 21.3 Å². The molecule has 11 heavy (non-hydrogen) atoms. The van der Waals surface area contributed by atoms with Crippen molar-refractivity contribution in [3.8, 4) is 0 Å². The van der Waals surface area contributed by atoms with Crippen LogP contribution in [0.3, 0.4) is 0 Å². The van der Waals surface area contributed by atoms with Crippen LogP contribution in [0.1, 0.15) is 19.8 Å². The number of rotatable bonds is 4. The lowest BCUT2D eigenvalue weighted by Gasteiger charge is -2.10. The van der Waals surface area contributed by atoms with Crippen molar-refractivity contribution in [1.82, 2.24) is 0 Å². The smallest absolute Gasteiger partial charge is 0.158 e. The monoisotopic (exact) mass is 182 g/mol. The van der Waals surface area contributed by atoms with E-state index in [1.165, 1.54) is 0 Å². The molecule has 66 valence electrons. The van der Waals surface area contributed by atoms with E-state index in [1.54, 1.807) is 0 Å². The SMILES string of the molecule is CC1CCC(OCPOF)O1. The second-order valence-electron chi connectivity index (χ2n) is 2.49. The van der Waals surface area contributed by atoms with Gasteiger partial charge in [-0.05, 0) is 17.9 Å². The first kappa shape index (κ1) is 9.33. The van der Waals surface area contributed by atoms with Gasteiger partial charge in [0.25, 0.3) is 0 Å². The standard InChI is InChI=1S/C6H12FO3P/c1-5-2-3-6(9-5)8-4-11-10-7/h5-6,11H,2-4H2,1H3. The number of hydrogen-bond donors (Lipinski definition) is 0. The molecule has 1 heterocycles. The summed E-state index contributed by atoms with van der Waals surface area (Å²) >= 11 is 0. The molecule has 3 nitrogen and oxygen atoms in total. The third kappa shape index (κ3) is 3.43. The van der Waals surface area contributed by atoms with Crippen LogP contribution in [0.5, 0.6) is 0 Å². The van der Waals surface area contributed by atoms with Crippen molar-refractivity contribution < 1.29 is 18.7 Å². The van der Waals surface area contributed by atoms with Crippen LogP contribution in [-0.4, -0.2) is 18.7 Å². The van der Waals surface area contributed by atoms with Crippen LogP contribution in [0.2, 0.25) is 0 Å². The van der Waals surface area contributed by atoms with E-state index in [0.717, 1.165) is 12.8 Å². The van der Waals surface area contributed by atoms with E-state index in [-0.39, 0.29) is 27.5 Å². The first-order chi connectivity index (χ1) is 5.33. The van der Waals surface area contributed by atoms with E-state index in [9.17, 15) is 4.53 Å². The molecule has 0 N–H and O–H groups in total. The van der Waals surface area contributed by atoms with Crippen LogP contribution in [0.4, 0.5) is 4.53 Å². The Kier molecular flexibility index (Phi) is 4.23. The minimum absolute atomic E-state index is 0.146. The maximum atomic E-state index is 11.1. The Bertz CT molecular complexity index is 114. The second-order valence-corrected chi connectivity index (χ2v) is 3.22. The molecule has 5 heteroatoms. The number of halogens is 1. The summed E-state index contributed by atoms with van der Waals surface area (Å²) in [4.78, 5) is 0. The zero-order valence-electron chi connectivity index (χ0n) is 6.38. The lowest BCUT2D eigenvalue weighted by Crippen LogP contribution is -2.11. The Morgan fingerprint density at radius 2 is 2.45 bits per heavy atom. The molecule has 1 rings (SSSR count). The third-order valence-corrected chi connectivity index (χ3v) is 1.97. The van der Waals surface area contributed by atoms with Crippen LogP contribution in [0.15, 0.2) is 0 Å². The van der Waals surface area contributed by atoms with E-state index in [0.29, 0.717) is 0 Å². The van der Waals surface area contributed by atoms with Crippen molar-refractivity contribution in [3.63, 3.8) is 0 Å². The van der Waals surface area contributed by atoms with Crippen molar-refractivity contribution in [2.24, 2.45) is 0 Å². The molecule has 0 bridgehead atoms. The Hall–Kier alpha value is 0.240. The summed E-state index contributed by atoms with van der Waals surface area (Å²) in [5.74, 6) is 0. The largest absolute Gasteiger partial charge is 0.350 e. The fourth-order valence-corrected chi connectivity index (χ4v) is 1.34. The number of hydrogen-bond acceptors (Lipinski definition) is 3. The summed E-state index contributed by atoms with van der Waals surface area (Å²) in [6.07, 6.45) is 2.33. The van der Waals surface area contributed by atoms with Gasteiger partial charge in [-0.3, -0.25) is 0 Å². The first-order valence-corrected chi connectivity index (χ1v) is 4.72. The highest BCUT2D eigenvalue weighted by molar-refractivity contribution is 7.31. The third-order valence-electron chi connectivity index (χ3n) is 1.58. The van der Waals surface area contributed by atoms with Gasteiger partial charge in [0.1, 0.15) is 0 Å². The van der Waals surface area contributed by atoms with E-state index >= 15 is 0 Å². The minimum atomic E-state index is -0.235. The van der Waals surface area contributed by atoms with Gasteiger partial charge in [0.2, 0.25) is 0 Å². The summed E-state index contributed by atoms with van der Waals surface area (Å²) in [5, 5.41) is 0. The van der Waals surface area contributed by atoms with E-state index in [4.69, 9.17) is 9.47 Å². The molecule has 3 atom stereocenters. The van der Waals surface area contributed by atoms with Crippen LogP contribution in [0.25, 0.3) is 0 Å². The molecule has 1 aliphatic heterocycles. The van der Waals surface area contributed by atoms with Gasteiger partial charge < -0.3 is 9.47 Å². The van der Waals surface area contributed by atoms with E-state index < -0.39 is 0 Å². The molecule has 1 saturated heterocycles. The van der Waals surface area contributed by atoms with E-state index in [1.807, 2.05) is 6.92 Å². The van der Waals surface area contributed by atoms with E-state index in [2.05, 4.69) is 4.73 Å². The fraction of sp³-hybridized carbons (Fsp3) is 1.00. The molecule has 0 aromatic carbocycles. The molecule has 0 amide bonds. The normalized spacial score (nSPS) is 32.2. The average Bonchev–Trinajstić information content (AvgIpc) is 2.37. The summed E-state index contributed by atoms with van der Waals surface area (Å²) in [6.45, 7) is 2.00. The predicted octanol–water partition coefficient (Wildman–Crippen LogP) is 1.98. The maximum absolute atomic E-state index is 11.1. The van der Waals surface area contributed by atoms with Crippen LogP contribution >= 0.6 is 8.81 Å². The zero-order valence-corrected chi connectivity index (χ0v) is 7.38. The van der Waals surface area contributed by atoms with Crippen molar-refractivity contribution >= 4 is 8.81 Å². The molecule has 0 spiro atoms. The van der Waals surface area contributed by atoms with Crippen molar-refractivity contribution in [3.05, 3.63) is 0 Å². The highest BCUT2D eigenvalue weighted by Gasteiger charge is 2.21. The minimum Gasteiger partial charge on any atom is -0.350 e.